The van der Waals surface area contributed by atoms with Crippen molar-refractivity contribution in [1.82, 2.24) is 0 Å². The Morgan fingerprint density at radius 1 is 1.00 bits per heavy atom. The van der Waals surface area contributed by atoms with Crippen molar-refractivity contribution in [2.24, 2.45) is 0 Å². The largest absolute Gasteiger partial charge is 0.369 e. The van der Waals surface area contributed by atoms with Crippen LogP contribution in [0.3, 0.4) is 0 Å². The number of benzene rings is 2. The lowest BCUT2D eigenvalue weighted by Crippen LogP contribution is -2.10. The molecule has 20 heavy (non-hydrogen) atoms. The highest BCUT2D eigenvalue weighted by Gasteiger charge is 2.11. The number of carbonyl (C=O) groups excluding carboxylic acids is 1. The summed E-state index contributed by atoms with van der Waals surface area (Å²) in [6.45, 7) is 0.189. The van der Waals surface area contributed by atoms with E-state index < -0.39 is 0 Å². The number of hydrogen-bond acceptors (Lipinski definition) is 2. The molecule has 0 atom stereocenters. The van der Waals surface area contributed by atoms with Crippen molar-refractivity contribution in [3.05, 3.63) is 68.7 Å². The number of Topliss-reactive ketones (excluding diaryl/α,β-unsaturated/α-hetero) is 1. The van der Waals surface area contributed by atoms with Crippen molar-refractivity contribution < 1.29 is 9.53 Å². The lowest BCUT2D eigenvalue weighted by atomic mass is 10.1. The van der Waals surface area contributed by atoms with Gasteiger partial charge in [-0.3, -0.25) is 4.79 Å². The minimum absolute atomic E-state index is 0.0781. The van der Waals surface area contributed by atoms with Gasteiger partial charge in [0, 0.05) is 15.6 Å². The number of rotatable bonds is 5. The molecule has 0 saturated heterocycles. The summed E-state index contributed by atoms with van der Waals surface area (Å²) in [6.07, 6.45) is 0. The van der Waals surface area contributed by atoms with E-state index in [1.54, 1.807) is 18.2 Å². The van der Waals surface area contributed by atoms with Crippen LogP contribution in [0.1, 0.15) is 15.9 Å². The van der Waals surface area contributed by atoms with Crippen LogP contribution in [0.25, 0.3) is 0 Å². The predicted molar refractivity (Wildman–Crippen MR) is 81.9 cm³/mol. The predicted octanol–water partition coefficient (Wildman–Crippen LogP) is 5.05. The van der Waals surface area contributed by atoms with E-state index in [-0.39, 0.29) is 19.0 Å². The van der Waals surface area contributed by atoms with Gasteiger partial charge in [0.15, 0.2) is 5.78 Å². The Bertz CT molecular complexity index is 626. The van der Waals surface area contributed by atoms with E-state index in [9.17, 15) is 4.79 Å². The molecular weight excluding hydrogens is 319 g/mol. The molecule has 0 amide bonds. The molecule has 2 nitrogen and oxygen atoms in total. The number of ketones is 1. The maximum absolute atomic E-state index is 12.0. The second kappa shape index (κ2) is 7.09. The van der Waals surface area contributed by atoms with Gasteiger partial charge in [-0.15, -0.1) is 0 Å². The summed E-state index contributed by atoms with van der Waals surface area (Å²) in [4.78, 5) is 12.0. The zero-order valence-electron chi connectivity index (χ0n) is 10.4. The van der Waals surface area contributed by atoms with Gasteiger partial charge in [-0.1, -0.05) is 53.0 Å². The van der Waals surface area contributed by atoms with Crippen LogP contribution >= 0.6 is 34.8 Å². The Kier molecular flexibility index (Phi) is 5.44. The number of carbonyl (C=O) groups is 1. The number of hydrogen-bond donors (Lipinski definition) is 0. The normalized spacial score (nSPS) is 10.6. The minimum atomic E-state index is -0.218. The average molecular weight is 330 g/mol. The van der Waals surface area contributed by atoms with Crippen LogP contribution in [0.4, 0.5) is 0 Å². The maximum atomic E-state index is 12.0. The van der Waals surface area contributed by atoms with Crippen LogP contribution in [-0.4, -0.2) is 12.4 Å². The van der Waals surface area contributed by atoms with Crippen LogP contribution in [-0.2, 0) is 11.3 Å². The zero-order chi connectivity index (χ0) is 14.5. The zero-order valence-corrected chi connectivity index (χ0v) is 12.7. The molecule has 0 aliphatic rings. The molecule has 2 rings (SSSR count). The fourth-order valence-electron chi connectivity index (χ4n) is 1.66. The molecule has 104 valence electrons. The van der Waals surface area contributed by atoms with E-state index in [2.05, 4.69) is 0 Å². The molecule has 0 spiro atoms. The van der Waals surface area contributed by atoms with E-state index in [0.29, 0.717) is 20.6 Å². The molecule has 0 radical (unpaired) electrons. The molecule has 0 bridgehead atoms. The molecule has 5 heteroatoms. The third-order valence-corrected chi connectivity index (χ3v) is 3.61. The van der Waals surface area contributed by atoms with Gasteiger partial charge >= 0.3 is 0 Å². The first-order chi connectivity index (χ1) is 9.58. The van der Waals surface area contributed by atoms with Gasteiger partial charge in [0.1, 0.15) is 6.61 Å². The lowest BCUT2D eigenvalue weighted by Gasteiger charge is -2.07. The van der Waals surface area contributed by atoms with Crippen LogP contribution in [0.15, 0.2) is 42.5 Å². The van der Waals surface area contributed by atoms with Crippen LogP contribution in [0.2, 0.25) is 15.1 Å². The minimum Gasteiger partial charge on any atom is -0.369 e. The average Bonchev–Trinajstić information content (AvgIpc) is 2.43. The van der Waals surface area contributed by atoms with E-state index in [1.165, 1.54) is 6.07 Å². The first-order valence-electron chi connectivity index (χ1n) is 5.87. The van der Waals surface area contributed by atoms with Gasteiger partial charge in [-0.05, 0) is 29.8 Å². The van der Waals surface area contributed by atoms with Crippen LogP contribution < -0.4 is 0 Å². The topological polar surface area (TPSA) is 26.3 Å². The molecule has 0 saturated carbocycles. The van der Waals surface area contributed by atoms with E-state index in [0.717, 1.165) is 5.56 Å². The third-order valence-electron chi connectivity index (χ3n) is 2.68. The van der Waals surface area contributed by atoms with Crippen molar-refractivity contribution in [3.8, 4) is 0 Å². The Morgan fingerprint density at radius 3 is 2.50 bits per heavy atom. The Labute approximate surface area is 132 Å². The van der Waals surface area contributed by atoms with Crippen LogP contribution in [0, 0.1) is 0 Å². The van der Waals surface area contributed by atoms with Gasteiger partial charge in [-0.25, -0.2) is 0 Å². The summed E-state index contributed by atoms with van der Waals surface area (Å²) in [5.74, 6) is -0.218. The quantitative estimate of drug-likeness (QED) is 0.718. The number of ether oxygens (including phenoxy) is 1. The maximum Gasteiger partial charge on any atom is 0.190 e. The molecule has 0 aliphatic carbocycles. The second-order valence-corrected chi connectivity index (χ2v) is 5.38. The fraction of sp³-hybridized carbons (Fsp3) is 0.133. The molecule has 2 aromatic carbocycles. The van der Waals surface area contributed by atoms with Crippen LogP contribution in [0.5, 0.6) is 0 Å². The first kappa shape index (κ1) is 15.3. The summed E-state index contributed by atoms with van der Waals surface area (Å²) >= 11 is 17.8. The third kappa shape index (κ3) is 3.97. The summed E-state index contributed by atoms with van der Waals surface area (Å²) in [7, 11) is 0. The number of halogens is 3. The molecule has 2 aromatic rings. The molecule has 0 aromatic heterocycles. The highest BCUT2D eigenvalue weighted by atomic mass is 35.5. The van der Waals surface area contributed by atoms with Crippen molar-refractivity contribution in [1.29, 1.82) is 0 Å². The summed E-state index contributed by atoms with van der Waals surface area (Å²) in [5.41, 5.74) is 1.19. The van der Waals surface area contributed by atoms with E-state index in [4.69, 9.17) is 39.5 Å². The highest BCUT2D eigenvalue weighted by molar-refractivity contribution is 6.36. The smallest absolute Gasteiger partial charge is 0.190 e. The van der Waals surface area contributed by atoms with Crippen molar-refractivity contribution in [3.63, 3.8) is 0 Å². The van der Waals surface area contributed by atoms with Gasteiger partial charge in [0.25, 0.3) is 0 Å². The SMILES string of the molecule is O=C(COCc1ccccc1Cl)c1cc(Cl)ccc1Cl. The molecular formula is C15H11Cl3O2. The van der Waals surface area contributed by atoms with E-state index >= 15 is 0 Å². The van der Waals surface area contributed by atoms with E-state index in [1.807, 2.05) is 18.2 Å². The molecule has 0 unspecified atom stereocenters. The van der Waals surface area contributed by atoms with Gasteiger partial charge in [0.2, 0.25) is 0 Å². The Morgan fingerprint density at radius 2 is 1.75 bits per heavy atom. The van der Waals surface area contributed by atoms with Crippen molar-refractivity contribution >= 4 is 40.6 Å². The summed E-state index contributed by atoms with van der Waals surface area (Å²) < 4.78 is 5.38. The first-order valence-corrected chi connectivity index (χ1v) is 7.00. The molecule has 0 aliphatic heterocycles. The summed E-state index contributed by atoms with van der Waals surface area (Å²) in [6, 6.07) is 12.1. The standard InChI is InChI=1S/C15H11Cl3O2/c16-11-5-6-14(18)12(7-11)15(19)9-20-8-10-3-1-2-4-13(10)17/h1-7H,8-9H2. The molecule has 0 heterocycles. The summed E-state index contributed by atoms with van der Waals surface area (Å²) in [5, 5.41) is 1.44. The van der Waals surface area contributed by atoms with Crippen molar-refractivity contribution in [2.45, 2.75) is 6.61 Å². The monoisotopic (exact) mass is 328 g/mol. The molecule has 0 fully saturated rings. The highest BCUT2D eigenvalue weighted by Crippen LogP contribution is 2.21. The van der Waals surface area contributed by atoms with Gasteiger partial charge in [0.05, 0.1) is 11.6 Å². The van der Waals surface area contributed by atoms with Gasteiger partial charge in [-0.2, -0.15) is 0 Å². The molecule has 0 N–H and O–H groups in total. The van der Waals surface area contributed by atoms with Gasteiger partial charge < -0.3 is 4.74 Å². The second-order valence-electron chi connectivity index (χ2n) is 4.13. The lowest BCUT2D eigenvalue weighted by molar-refractivity contribution is 0.0727. The Balaban J connectivity index is 1.96. The fourth-order valence-corrected chi connectivity index (χ4v) is 2.24. The van der Waals surface area contributed by atoms with Crippen molar-refractivity contribution in [2.75, 3.05) is 6.61 Å². The Hall–Kier alpha value is -1.06.